The van der Waals surface area contributed by atoms with Crippen LogP contribution in [0.15, 0.2) is 64.0 Å². The minimum absolute atomic E-state index is 0.0270. The number of nitrogens with zero attached hydrogens (tertiary/aromatic N) is 4. The van der Waals surface area contributed by atoms with Crippen molar-refractivity contribution in [1.82, 2.24) is 24.5 Å². The lowest BCUT2D eigenvalue weighted by molar-refractivity contribution is 0.305. The smallest absolute Gasteiger partial charge is 0.244 e. The Morgan fingerprint density at radius 1 is 1.00 bits per heavy atom. The highest BCUT2D eigenvalue weighted by Gasteiger charge is 2.20. The van der Waals surface area contributed by atoms with E-state index >= 15 is 0 Å². The van der Waals surface area contributed by atoms with Crippen molar-refractivity contribution < 1.29 is 22.6 Å². The summed E-state index contributed by atoms with van der Waals surface area (Å²) >= 11 is 3.28. The highest BCUT2D eigenvalue weighted by molar-refractivity contribution is 9.10. The molecule has 0 aliphatic heterocycles. The fourth-order valence-corrected chi connectivity index (χ4v) is 4.83. The number of aromatic nitrogens is 4. The normalized spacial score (nSPS) is 11.5. The largest absolute Gasteiger partial charge is 0.496 e. The molecule has 0 saturated carbocycles. The van der Waals surface area contributed by atoms with Gasteiger partial charge in [0.15, 0.2) is 11.5 Å². The molecule has 0 aliphatic carbocycles. The van der Waals surface area contributed by atoms with Gasteiger partial charge in [-0.15, -0.1) is 15.3 Å². The Hall–Kier alpha value is -3.22. The first-order valence-corrected chi connectivity index (χ1v) is 12.0. The maximum Gasteiger partial charge on any atom is 0.244 e. The molecule has 33 heavy (non-hydrogen) atoms. The van der Waals surface area contributed by atoms with Gasteiger partial charge in [0, 0.05) is 17.1 Å². The van der Waals surface area contributed by atoms with Crippen molar-refractivity contribution >= 4 is 31.6 Å². The Labute approximate surface area is 198 Å². The van der Waals surface area contributed by atoms with Crippen LogP contribution in [0.2, 0.25) is 0 Å². The molecule has 12 heteroatoms. The van der Waals surface area contributed by atoms with Crippen LogP contribution in [0.4, 0.5) is 0 Å². The second-order valence-electron chi connectivity index (χ2n) is 6.71. The summed E-state index contributed by atoms with van der Waals surface area (Å²) in [6, 6.07) is 15.5. The number of halogens is 1. The zero-order chi connectivity index (χ0) is 23.4. The first-order chi connectivity index (χ1) is 15.9. The van der Waals surface area contributed by atoms with E-state index in [1.807, 2.05) is 24.3 Å². The summed E-state index contributed by atoms with van der Waals surface area (Å²) in [6.45, 7) is 0.0828. The first-order valence-electron chi connectivity index (χ1n) is 9.75. The number of hydrogen-bond donors (Lipinski definition) is 1. The Bertz CT molecular complexity index is 1390. The van der Waals surface area contributed by atoms with Gasteiger partial charge in [0.1, 0.15) is 23.0 Å². The predicted molar refractivity (Wildman–Crippen MR) is 124 cm³/mol. The van der Waals surface area contributed by atoms with Crippen LogP contribution in [0.1, 0.15) is 0 Å². The molecular weight excluding hydrogens is 514 g/mol. The zero-order valence-corrected chi connectivity index (χ0v) is 20.1. The Kier molecular flexibility index (Phi) is 6.77. The van der Waals surface area contributed by atoms with E-state index in [1.165, 1.54) is 13.2 Å². The molecule has 2 aromatic carbocycles. The number of ether oxygens (including phenoxy) is 3. The van der Waals surface area contributed by atoms with Crippen LogP contribution >= 0.6 is 15.9 Å². The standard InChI is InChI=1S/C21H20BrN5O5S/c1-30-16-6-4-3-5-15(16)21-25-24-19-9-10-20(26-27(19)21)32-12-11-23-33(28,29)18-13-14(22)7-8-17(18)31-2/h3-10,13,23H,11-12H2,1-2H3. The Morgan fingerprint density at radius 2 is 1.79 bits per heavy atom. The molecule has 2 aromatic heterocycles. The van der Waals surface area contributed by atoms with Crippen LogP contribution in [0.3, 0.4) is 0 Å². The zero-order valence-electron chi connectivity index (χ0n) is 17.7. The van der Waals surface area contributed by atoms with Crippen LogP contribution in [0.5, 0.6) is 17.4 Å². The second-order valence-corrected chi connectivity index (χ2v) is 9.36. The molecule has 0 aliphatic rings. The Balaban J connectivity index is 1.47. The van der Waals surface area contributed by atoms with Crippen molar-refractivity contribution in [3.63, 3.8) is 0 Å². The fourth-order valence-electron chi connectivity index (χ4n) is 3.12. The van der Waals surface area contributed by atoms with Crippen LogP contribution in [-0.2, 0) is 10.0 Å². The van der Waals surface area contributed by atoms with Gasteiger partial charge in [-0.25, -0.2) is 13.1 Å². The SMILES string of the molecule is COc1ccccc1-c1nnc2ccc(OCCNS(=O)(=O)c3cc(Br)ccc3OC)nn12. The maximum atomic E-state index is 12.7. The summed E-state index contributed by atoms with van der Waals surface area (Å²) in [5.74, 6) is 1.67. The molecule has 10 nitrogen and oxygen atoms in total. The topological polar surface area (TPSA) is 117 Å². The number of sulfonamides is 1. The van der Waals surface area contributed by atoms with Crippen LogP contribution in [0.25, 0.3) is 17.0 Å². The van der Waals surface area contributed by atoms with Crippen LogP contribution in [-0.4, -0.2) is 55.6 Å². The van der Waals surface area contributed by atoms with Gasteiger partial charge in [0.2, 0.25) is 15.9 Å². The Morgan fingerprint density at radius 3 is 2.58 bits per heavy atom. The van der Waals surface area contributed by atoms with Crippen LogP contribution < -0.4 is 18.9 Å². The lowest BCUT2D eigenvalue weighted by Gasteiger charge is -2.11. The van der Waals surface area contributed by atoms with Gasteiger partial charge in [-0.1, -0.05) is 28.1 Å². The van der Waals surface area contributed by atoms with Crippen molar-refractivity contribution in [3.05, 3.63) is 59.1 Å². The van der Waals surface area contributed by atoms with E-state index in [0.717, 1.165) is 5.56 Å². The summed E-state index contributed by atoms with van der Waals surface area (Å²) in [5.41, 5.74) is 1.26. The lowest BCUT2D eigenvalue weighted by Crippen LogP contribution is -2.28. The van der Waals surface area contributed by atoms with Crippen LogP contribution in [0, 0.1) is 0 Å². The highest BCUT2D eigenvalue weighted by atomic mass is 79.9. The summed E-state index contributed by atoms with van der Waals surface area (Å²) in [6.07, 6.45) is 0. The third-order valence-electron chi connectivity index (χ3n) is 4.65. The predicted octanol–water partition coefficient (Wildman–Crippen LogP) is 2.93. The van der Waals surface area contributed by atoms with Gasteiger partial charge in [-0.05, 0) is 36.4 Å². The third kappa shape index (κ3) is 4.92. The summed E-state index contributed by atoms with van der Waals surface area (Å²) in [7, 11) is -0.808. The number of fused-ring (bicyclic) bond motifs is 1. The average Bonchev–Trinajstić information content (AvgIpc) is 3.25. The lowest BCUT2D eigenvalue weighted by atomic mass is 10.2. The van der Waals surface area contributed by atoms with E-state index in [4.69, 9.17) is 14.2 Å². The summed E-state index contributed by atoms with van der Waals surface area (Å²) in [5, 5.41) is 12.8. The number of nitrogens with one attached hydrogen (secondary N) is 1. The summed E-state index contributed by atoms with van der Waals surface area (Å²) < 4.78 is 46.2. The molecule has 0 unspecified atom stereocenters. The molecule has 0 fully saturated rings. The molecule has 4 rings (SSSR count). The van der Waals surface area contributed by atoms with Crippen molar-refractivity contribution in [2.24, 2.45) is 0 Å². The van der Waals surface area contributed by atoms with Gasteiger partial charge in [0.05, 0.1) is 19.8 Å². The number of rotatable bonds is 9. The monoisotopic (exact) mass is 533 g/mol. The molecule has 2 heterocycles. The van der Waals surface area contributed by atoms with E-state index < -0.39 is 10.0 Å². The van der Waals surface area contributed by atoms with E-state index in [1.54, 1.807) is 35.9 Å². The first kappa shape index (κ1) is 23.0. The quantitative estimate of drug-likeness (QED) is 0.326. The van der Waals surface area contributed by atoms with Crippen molar-refractivity contribution in [2.45, 2.75) is 4.90 Å². The van der Waals surface area contributed by atoms with Crippen molar-refractivity contribution in [1.29, 1.82) is 0 Å². The molecule has 0 saturated heterocycles. The highest BCUT2D eigenvalue weighted by Crippen LogP contribution is 2.29. The van der Waals surface area contributed by atoms with E-state index in [2.05, 4.69) is 35.9 Å². The number of benzene rings is 2. The molecule has 1 N–H and O–H groups in total. The van der Waals surface area contributed by atoms with E-state index in [9.17, 15) is 8.42 Å². The minimum Gasteiger partial charge on any atom is -0.496 e. The van der Waals surface area contributed by atoms with Gasteiger partial charge >= 0.3 is 0 Å². The molecule has 4 aromatic rings. The molecular formula is C21H20BrN5O5S. The third-order valence-corrected chi connectivity index (χ3v) is 6.62. The van der Waals surface area contributed by atoms with Gasteiger partial charge in [-0.3, -0.25) is 0 Å². The van der Waals surface area contributed by atoms with Gasteiger partial charge in [0.25, 0.3) is 0 Å². The fraction of sp³-hybridized carbons (Fsp3) is 0.190. The molecule has 0 bridgehead atoms. The molecule has 172 valence electrons. The van der Waals surface area contributed by atoms with Crippen molar-refractivity contribution in [2.75, 3.05) is 27.4 Å². The second kappa shape index (κ2) is 9.73. The molecule has 0 amide bonds. The van der Waals surface area contributed by atoms with E-state index in [-0.39, 0.29) is 29.7 Å². The minimum atomic E-state index is -3.80. The summed E-state index contributed by atoms with van der Waals surface area (Å²) in [4.78, 5) is 0.0323. The number of methoxy groups -OCH3 is 2. The molecule has 0 atom stereocenters. The molecule has 0 radical (unpaired) electrons. The van der Waals surface area contributed by atoms with E-state index in [0.29, 0.717) is 21.7 Å². The van der Waals surface area contributed by atoms with Gasteiger partial charge < -0.3 is 14.2 Å². The van der Waals surface area contributed by atoms with Gasteiger partial charge in [-0.2, -0.15) is 4.52 Å². The maximum absolute atomic E-state index is 12.7. The molecule has 0 spiro atoms. The number of para-hydroxylation sites is 1. The average molecular weight is 534 g/mol. The number of hydrogen-bond acceptors (Lipinski definition) is 8. The van der Waals surface area contributed by atoms with Crippen molar-refractivity contribution in [3.8, 4) is 28.8 Å².